The molecule has 3 N–H and O–H groups in total. The summed E-state index contributed by atoms with van der Waals surface area (Å²) in [5.41, 5.74) is 6.39. The third-order valence-electron chi connectivity index (χ3n) is 7.40. The Balaban J connectivity index is 1.21. The molecule has 0 spiro atoms. The maximum atomic E-state index is 16.0. The number of ether oxygens (including phenoxy) is 2. The largest absolute Gasteiger partial charge is 0.397 e. The number of thiol groups is 2. The van der Waals surface area contributed by atoms with Crippen molar-refractivity contribution in [1.82, 2.24) is 28.5 Å². The first-order valence-electron chi connectivity index (χ1n) is 13.0. The molecule has 17 nitrogen and oxygen atoms in total. The van der Waals surface area contributed by atoms with Crippen LogP contribution in [0.5, 0.6) is 0 Å². The first-order chi connectivity index (χ1) is 20.9. The van der Waals surface area contributed by atoms with Gasteiger partial charge in [-0.2, -0.15) is 0 Å². The number of hydrogen-bond acceptors (Lipinski definition) is 14. The molecule has 0 amide bonds. The fraction of sp³-hybridized carbons (Fsp3) is 0.455. The molecule has 0 saturated carbocycles. The number of aromatic nitrogens is 6. The lowest BCUT2D eigenvalue weighted by Gasteiger charge is -2.27. The third-order valence-corrected chi connectivity index (χ3v) is 10.6. The molecule has 3 fully saturated rings. The summed E-state index contributed by atoms with van der Waals surface area (Å²) in [5, 5.41) is 11.1. The number of aliphatic hydroxyl groups is 1. The smallest absolute Gasteiger partial charge is 0.386 e. The van der Waals surface area contributed by atoms with E-state index < -0.39 is 76.0 Å². The summed E-state index contributed by atoms with van der Waals surface area (Å²) in [5.74, 6) is 0.120. The van der Waals surface area contributed by atoms with Crippen LogP contribution in [-0.2, 0) is 36.7 Å². The highest BCUT2D eigenvalue weighted by Gasteiger charge is 2.53. The second-order valence-corrected chi connectivity index (χ2v) is 15.9. The van der Waals surface area contributed by atoms with Gasteiger partial charge in [-0.05, 0) is 6.07 Å². The first kappa shape index (κ1) is 30.3. The van der Waals surface area contributed by atoms with Crippen LogP contribution >= 0.6 is 38.1 Å². The van der Waals surface area contributed by atoms with Crippen molar-refractivity contribution in [3.63, 3.8) is 0 Å². The highest BCUT2D eigenvalue weighted by Crippen LogP contribution is 2.60. The third kappa shape index (κ3) is 5.31. The van der Waals surface area contributed by atoms with Gasteiger partial charge in [-0.1, -0.05) is 24.5 Å². The number of aliphatic hydroxyl groups excluding tert-OH is 1. The van der Waals surface area contributed by atoms with Crippen molar-refractivity contribution in [3.05, 3.63) is 53.6 Å². The quantitative estimate of drug-likeness (QED) is 0.175. The molecular weight excluding hydrogens is 667 g/mol. The monoisotopic (exact) mass is 691 g/mol. The van der Waals surface area contributed by atoms with Gasteiger partial charge in [0.25, 0.3) is 5.56 Å². The van der Waals surface area contributed by atoms with Crippen LogP contribution in [0.1, 0.15) is 12.5 Å². The Morgan fingerprint density at radius 1 is 0.932 bits per heavy atom. The lowest BCUT2D eigenvalue weighted by Crippen LogP contribution is -2.35. The van der Waals surface area contributed by atoms with E-state index in [0.29, 0.717) is 11.2 Å². The van der Waals surface area contributed by atoms with Crippen molar-refractivity contribution in [2.45, 2.75) is 49.1 Å². The molecule has 10 atom stereocenters. The zero-order chi connectivity index (χ0) is 31.0. The number of halogens is 1. The van der Waals surface area contributed by atoms with Crippen LogP contribution in [0.15, 0.2) is 48.0 Å². The number of pyridine rings is 1. The molecular formula is C22H24FN7O10P2S2. The summed E-state index contributed by atoms with van der Waals surface area (Å²) in [4.78, 5) is 24.8. The summed E-state index contributed by atoms with van der Waals surface area (Å²) < 4.78 is 80.7. The van der Waals surface area contributed by atoms with E-state index in [1.54, 1.807) is 0 Å². The second kappa shape index (κ2) is 11.2. The standard InChI is InChI=1S/C22H24FN7O10P2S2/c23-14-17-12(38-20(14)30-9-27-15-10(24)1-3-25-19(15)30)8-36-42(34,44)40-18-16(32)11(7-35-41(33,43)39-17)37-21(18)29-5-2-13(31)28-6-4-26-22(28)29/h1-6,9,11-12,14,16-18,20-21,32H,7-8H2,(H2,24,25)(H,33,43)(H,34,44)/t11-,12-,14+,16-,17-,18-,20-,21-,41+,42-/m1/s1. The van der Waals surface area contributed by atoms with Gasteiger partial charge in [0.2, 0.25) is 5.78 Å². The van der Waals surface area contributed by atoms with Crippen molar-refractivity contribution < 1.29 is 46.2 Å². The maximum absolute atomic E-state index is 16.0. The highest BCUT2D eigenvalue weighted by atomic mass is 32.7. The predicted molar refractivity (Wildman–Crippen MR) is 155 cm³/mol. The number of anilines is 1. The minimum atomic E-state index is -4.36. The molecule has 4 aromatic rings. The molecule has 7 rings (SSSR count). The zero-order valence-corrected chi connectivity index (χ0v) is 25.7. The lowest BCUT2D eigenvalue weighted by atomic mass is 10.1. The fourth-order valence-electron chi connectivity index (χ4n) is 5.36. The van der Waals surface area contributed by atoms with Crippen LogP contribution in [-0.4, -0.2) is 83.5 Å². The van der Waals surface area contributed by atoms with Crippen LogP contribution in [0.25, 0.3) is 16.9 Å². The first-order valence-corrected chi connectivity index (χ1v) is 18.4. The minimum Gasteiger partial charge on any atom is -0.397 e. The number of nitrogens with two attached hydrogens (primary N) is 1. The maximum Gasteiger partial charge on any atom is 0.386 e. The second-order valence-electron chi connectivity index (χ2n) is 10.1. The van der Waals surface area contributed by atoms with E-state index in [0.717, 1.165) is 0 Å². The van der Waals surface area contributed by atoms with E-state index in [1.807, 2.05) is 0 Å². The predicted octanol–water partition coefficient (Wildman–Crippen LogP) is 1.91. The van der Waals surface area contributed by atoms with Gasteiger partial charge in [0, 0.05) is 30.9 Å². The van der Waals surface area contributed by atoms with Gasteiger partial charge in [0.05, 0.1) is 25.2 Å². The van der Waals surface area contributed by atoms with Crippen molar-refractivity contribution in [2.24, 2.45) is 0 Å². The van der Waals surface area contributed by atoms with Crippen molar-refractivity contribution >= 4 is 60.7 Å². The van der Waals surface area contributed by atoms with Gasteiger partial charge in [-0.25, -0.2) is 28.5 Å². The molecule has 0 aromatic carbocycles. The van der Waals surface area contributed by atoms with E-state index in [2.05, 4.69) is 39.4 Å². The summed E-state index contributed by atoms with van der Waals surface area (Å²) in [6.45, 7) is -9.92. The Morgan fingerprint density at radius 2 is 1.64 bits per heavy atom. The number of fused-ring (bicyclic) bond motifs is 5. The van der Waals surface area contributed by atoms with Crippen LogP contribution in [0.4, 0.5) is 10.1 Å². The Morgan fingerprint density at radius 3 is 2.41 bits per heavy atom. The van der Waals surface area contributed by atoms with E-state index in [4.69, 9.17) is 33.3 Å². The molecule has 4 aromatic heterocycles. The van der Waals surface area contributed by atoms with Crippen LogP contribution in [0, 0.1) is 0 Å². The van der Waals surface area contributed by atoms with E-state index in [-0.39, 0.29) is 17.0 Å². The number of alkyl halides is 1. The van der Waals surface area contributed by atoms with Crippen molar-refractivity contribution in [2.75, 3.05) is 18.9 Å². The van der Waals surface area contributed by atoms with Gasteiger partial charge in [-0.15, -0.1) is 0 Å². The Labute approximate surface area is 256 Å². The molecule has 7 heterocycles. The summed E-state index contributed by atoms with van der Waals surface area (Å²) >= 11 is 8.09. The Bertz CT molecular complexity index is 1890. The highest BCUT2D eigenvalue weighted by molar-refractivity contribution is 8.44. The van der Waals surface area contributed by atoms with Crippen LogP contribution < -0.4 is 11.3 Å². The molecule has 3 aliphatic rings. The number of rotatable bonds is 2. The molecule has 0 aliphatic carbocycles. The van der Waals surface area contributed by atoms with Gasteiger partial charge >= 0.3 is 13.6 Å². The SMILES string of the molecule is Nc1ccnc2c1ncn2[C@@H]1O[C@@H]2CO[P@@](=O)(S)O[C@@H]3[C@H](O)[C@@H](CO[P@](=O)(S)O[C@H]2[C@@H]1F)O[C@H]3n1ccc(=O)n2ccnc12. The average molecular weight is 692 g/mol. The number of nitrogens with zero attached hydrogens (tertiary/aromatic N) is 6. The molecule has 236 valence electrons. The molecule has 44 heavy (non-hydrogen) atoms. The number of imidazole rings is 2. The summed E-state index contributed by atoms with van der Waals surface area (Å²) in [6.07, 6.45) is -4.97. The van der Waals surface area contributed by atoms with Gasteiger partial charge < -0.3 is 20.3 Å². The number of hydrogen-bond donors (Lipinski definition) is 4. The number of nitrogen functional groups attached to an aromatic ring is 1. The van der Waals surface area contributed by atoms with Gasteiger partial charge in [0.1, 0.15) is 36.0 Å². The molecule has 0 radical (unpaired) electrons. The summed E-state index contributed by atoms with van der Waals surface area (Å²) in [6, 6.07) is 2.76. The van der Waals surface area contributed by atoms with Gasteiger partial charge in [0.15, 0.2) is 24.3 Å². The zero-order valence-electron chi connectivity index (χ0n) is 22.1. The average Bonchev–Trinajstić information content (AvgIpc) is 3.75. The van der Waals surface area contributed by atoms with Crippen molar-refractivity contribution in [3.8, 4) is 0 Å². The van der Waals surface area contributed by atoms with Crippen LogP contribution in [0.2, 0.25) is 0 Å². The Kier molecular flexibility index (Phi) is 7.69. The topological polar surface area (TPSA) is 206 Å². The lowest BCUT2D eigenvalue weighted by molar-refractivity contribution is -0.0571. The van der Waals surface area contributed by atoms with Crippen molar-refractivity contribution in [1.29, 1.82) is 0 Å². The minimum absolute atomic E-state index is 0.120. The van der Waals surface area contributed by atoms with E-state index in [9.17, 15) is 19.0 Å². The van der Waals surface area contributed by atoms with E-state index in [1.165, 1.54) is 56.8 Å². The summed E-state index contributed by atoms with van der Waals surface area (Å²) in [7, 11) is 0. The molecule has 0 unspecified atom stereocenters. The fourth-order valence-corrected chi connectivity index (χ4v) is 8.30. The van der Waals surface area contributed by atoms with E-state index >= 15 is 4.39 Å². The molecule has 22 heteroatoms. The normalized spacial score (nSPS) is 38.3. The molecule has 3 saturated heterocycles. The Hall–Kier alpha value is -2.35. The van der Waals surface area contributed by atoms with Gasteiger partial charge in [-0.3, -0.25) is 36.4 Å². The molecule has 2 bridgehead atoms. The van der Waals surface area contributed by atoms with Crippen LogP contribution in [0.3, 0.4) is 0 Å². The molecule has 3 aliphatic heterocycles.